The fourth-order valence-electron chi connectivity index (χ4n) is 3.04. The van der Waals surface area contributed by atoms with Gasteiger partial charge in [0.25, 0.3) is 5.91 Å². The molecule has 1 atom stereocenters. The number of ether oxygens (including phenoxy) is 2. The molecular formula is C19H22Cl2N2O4. The first kappa shape index (κ1) is 20.0. The van der Waals surface area contributed by atoms with Crippen LogP contribution >= 0.6 is 23.2 Å². The highest BCUT2D eigenvalue weighted by Crippen LogP contribution is 2.34. The number of rotatable bonds is 7. The maximum absolute atomic E-state index is 12.6. The number of nitrogens with zero attached hydrogens (tertiary/aromatic N) is 1. The molecule has 0 bridgehead atoms. The Kier molecular flexibility index (Phi) is 7.01. The summed E-state index contributed by atoms with van der Waals surface area (Å²) in [6.45, 7) is 5.56. The van der Waals surface area contributed by atoms with Gasteiger partial charge in [-0.15, -0.1) is 0 Å². The molecular weight excluding hydrogens is 391 g/mol. The van der Waals surface area contributed by atoms with Crippen molar-refractivity contribution in [2.24, 2.45) is 0 Å². The molecule has 0 aliphatic carbocycles. The Morgan fingerprint density at radius 1 is 1.30 bits per heavy atom. The Hall–Kier alpha value is -1.73. The zero-order valence-electron chi connectivity index (χ0n) is 15.0. The molecule has 6 nitrogen and oxygen atoms in total. The maximum atomic E-state index is 12.6. The lowest BCUT2D eigenvalue weighted by Gasteiger charge is -2.33. The highest BCUT2D eigenvalue weighted by atomic mass is 35.5. The number of carbonyl (C=O) groups is 1. The lowest BCUT2D eigenvalue weighted by molar-refractivity contribution is 0.0118. The van der Waals surface area contributed by atoms with Crippen LogP contribution in [0.4, 0.5) is 0 Å². The summed E-state index contributed by atoms with van der Waals surface area (Å²) in [7, 11) is 0. The normalized spacial score (nSPS) is 16.1. The Morgan fingerprint density at radius 2 is 2.00 bits per heavy atom. The van der Waals surface area contributed by atoms with Crippen molar-refractivity contribution in [3.8, 4) is 5.75 Å². The number of halogens is 2. The number of amides is 1. The van der Waals surface area contributed by atoms with E-state index in [0.29, 0.717) is 47.7 Å². The van der Waals surface area contributed by atoms with Gasteiger partial charge in [0.2, 0.25) is 0 Å². The van der Waals surface area contributed by atoms with Gasteiger partial charge in [0.1, 0.15) is 5.76 Å². The molecule has 0 spiro atoms. The van der Waals surface area contributed by atoms with Gasteiger partial charge in [-0.3, -0.25) is 9.69 Å². The Morgan fingerprint density at radius 3 is 2.59 bits per heavy atom. The zero-order valence-corrected chi connectivity index (χ0v) is 16.6. The first-order valence-corrected chi connectivity index (χ1v) is 9.61. The molecule has 1 unspecified atom stereocenters. The van der Waals surface area contributed by atoms with Crippen molar-refractivity contribution < 1.29 is 18.7 Å². The minimum Gasteiger partial charge on any atom is -0.491 e. The highest BCUT2D eigenvalue weighted by molar-refractivity contribution is 6.37. The molecule has 8 heteroatoms. The molecule has 1 amide bonds. The Labute approximate surface area is 168 Å². The molecule has 2 aromatic rings. The number of benzene rings is 1. The smallest absolute Gasteiger partial charge is 0.251 e. The first-order chi connectivity index (χ1) is 13.1. The molecule has 1 fully saturated rings. The van der Waals surface area contributed by atoms with Crippen molar-refractivity contribution in [1.82, 2.24) is 10.2 Å². The molecule has 0 saturated carbocycles. The van der Waals surface area contributed by atoms with E-state index < -0.39 is 0 Å². The van der Waals surface area contributed by atoms with Crippen LogP contribution in [-0.2, 0) is 4.74 Å². The van der Waals surface area contributed by atoms with Crippen molar-refractivity contribution in [3.05, 3.63) is 51.9 Å². The van der Waals surface area contributed by atoms with E-state index in [0.717, 1.165) is 18.8 Å². The fourth-order valence-corrected chi connectivity index (χ4v) is 3.64. The van der Waals surface area contributed by atoms with Crippen LogP contribution in [-0.4, -0.2) is 50.3 Å². The fraction of sp³-hybridized carbons (Fsp3) is 0.421. The summed E-state index contributed by atoms with van der Waals surface area (Å²) in [4.78, 5) is 14.9. The molecule has 27 heavy (non-hydrogen) atoms. The van der Waals surface area contributed by atoms with Gasteiger partial charge in [0.15, 0.2) is 5.75 Å². The van der Waals surface area contributed by atoms with Gasteiger partial charge in [0, 0.05) is 25.2 Å². The Bertz CT molecular complexity index is 738. The zero-order chi connectivity index (χ0) is 19.2. The van der Waals surface area contributed by atoms with Crippen molar-refractivity contribution in [3.63, 3.8) is 0 Å². The third-order valence-corrected chi connectivity index (χ3v) is 4.92. The molecule has 2 heterocycles. The number of hydrogen-bond donors (Lipinski definition) is 1. The van der Waals surface area contributed by atoms with Gasteiger partial charge < -0.3 is 19.2 Å². The number of nitrogens with one attached hydrogen (secondary N) is 1. The Balaban J connectivity index is 1.70. The lowest BCUT2D eigenvalue weighted by Crippen LogP contribution is -2.43. The van der Waals surface area contributed by atoms with E-state index in [4.69, 9.17) is 37.1 Å². The van der Waals surface area contributed by atoms with Crippen LogP contribution in [0.15, 0.2) is 34.9 Å². The van der Waals surface area contributed by atoms with Crippen molar-refractivity contribution in [1.29, 1.82) is 0 Å². The third kappa shape index (κ3) is 4.96. The van der Waals surface area contributed by atoms with E-state index in [1.54, 1.807) is 18.4 Å². The van der Waals surface area contributed by atoms with Crippen LogP contribution < -0.4 is 10.1 Å². The van der Waals surface area contributed by atoms with Crippen LogP contribution in [0.3, 0.4) is 0 Å². The molecule has 1 aliphatic rings. The largest absolute Gasteiger partial charge is 0.491 e. The van der Waals surface area contributed by atoms with E-state index in [1.807, 2.05) is 19.1 Å². The third-order valence-electron chi connectivity index (χ3n) is 4.36. The van der Waals surface area contributed by atoms with Gasteiger partial charge in [-0.1, -0.05) is 23.2 Å². The second-order valence-electron chi connectivity index (χ2n) is 6.09. The minimum absolute atomic E-state index is 0.0681. The monoisotopic (exact) mass is 412 g/mol. The van der Waals surface area contributed by atoms with Gasteiger partial charge >= 0.3 is 0 Å². The van der Waals surface area contributed by atoms with E-state index in [1.165, 1.54) is 0 Å². The topological polar surface area (TPSA) is 63.9 Å². The molecule has 1 N–H and O–H groups in total. The van der Waals surface area contributed by atoms with Gasteiger partial charge in [-0.25, -0.2) is 0 Å². The van der Waals surface area contributed by atoms with E-state index in [-0.39, 0.29) is 11.9 Å². The predicted molar refractivity (Wildman–Crippen MR) is 104 cm³/mol. The van der Waals surface area contributed by atoms with Crippen molar-refractivity contribution >= 4 is 29.1 Å². The first-order valence-electron chi connectivity index (χ1n) is 8.85. The summed E-state index contributed by atoms with van der Waals surface area (Å²) in [6.07, 6.45) is 1.64. The van der Waals surface area contributed by atoms with Crippen molar-refractivity contribution in [2.75, 3.05) is 39.5 Å². The molecule has 1 aromatic heterocycles. The van der Waals surface area contributed by atoms with Crippen LogP contribution in [0.1, 0.15) is 29.1 Å². The summed E-state index contributed by atoms with van der Waals surface area (Å²) in [5, 5.41) is 3.57. The number of furan rings is 1. The molecule has 146 valence electrons. The molecule has 1 aliphatic heterocycles. The van der Waals surface area contributed by atoms with Crippen molar-refractivity contribution in [2.45, 2.75) is 13.0 Å². The SMILES string of the molecule is CCOc1c(Cl)cc(C(=O)NCC(c2ccco2)N2CCOCC2)cc1Cl. The summed E-state index contributed by atoms with van der Waals surface area (Å²) in [5.74, 6) is 0.936. The van der Waals surface area contributed by atoms with Crippen LogP contribution in [0.2, 0.25) is 10.0 Å². The van der Waals surface area contributed by atoms with Crippen LogP contribution in [0.5, 0.6) is 5.75 Å². The molecule has 1 saturated heterocycles. The molecule has 0 radical (unpaired) electrons. The number of hydrogen-bond acceptors (Lipinski definition) is 5. The highest BCUT2D eigenvalue weighted by Gasteiger charge is 2.25. The van der Waals surface area contributed by atoms with Crippen LogP contribution in [0, 0.1) is 0 Å². The average molecular weight is 413 g/mol. The van der Waals surface area contributed by atoms with Gasteiger partial charge in [0.05, 0.1) is 42.2 Å². The summed E-state index contributed by atoms with van der Waals surface area (Å²) >= 11 is 12.4. The quantitative estimate of drug-likeness (QED) is 0.749. The summed E-state index contributed by atoms with van der Waals surface area (Å²) < 4.78 is 16.4. The summed E-state index contributed by atoms with van der Waals surface area (Å²) in [5.41, 5.74) is 0.383. The predicted octanol–water partition coefficient (Wildman–Crippen LogP) is 3.79. The minimum atomic E-state index is -0.258. The molecule has 1 aromatic carbocycles. The van der Waals surface area contributed by atoms with E-state index in [9.17, 15) is 4.79 Å². The average Bonchev–Trinajstić information content (AvgIpc) is 3.20. The van der Waals surface area contributed by atoms with E-state index >= 15 is 0 Å². The van der Waals surface area contributed by atoms with Crippen LogP contribution in [0.25, 0.3) is 0 Å². The summed E-state index contributed by atoms with van der Waals surface area (Å²) in [6, 6.07) is 6.81. The number of morpholine rings is 1. The standard InChI is InChI=1S/C19H22Cl2N2O4/c1-2-26-18-14(20)10-13(11-15(18)21)19(24)22-12-16(17-4-3-7-27-17)23-5-8-25-9-6-23/h3-4,7,10-11,16H,2,5-6,8-9,12H2,1H3,(H,22,24). The van der Waals surface area contributed by atoms with Gasteiger partial charge in [-0.05, 0) is 31.2 Å². The lowest BCUT2D eigenvalue weighted by atomic mass is 10.1. The second kappa shape index (κ2) is 9.46. The maximum Gasteiger partial charge on any atom is 0.251 e. The van der Waals surface area contributed by atoms with E-state index in [2.05, 4.69) is 10.2 Å². The number of carbonyl (C=O) groups excluding carboxylic acids is 1. The molecule has 3 rings (SSSR count). The second-order valence-corrected chi connectivity index (χ2v) is 6.91. The van der Waals surface area contributed by atoms with Gasteiger partial charge in [-0.2, -0.15) is 0 Å².